The van der Waals surface area contributed by atoms with E-state index in [-0.39, 0.29) is 11.9 Å². The molecule has 0 saturated carbocycles. The average Bonchev–Trinajstić information content (AvgIpc) is 3.16. The highest BCUT2D eigenvalue weighted by atomic mass is 16.5. The molecule has 0 N–H and O–H groups in total. The van der Waals surface area contributed by atoms with E-state index in [1.165, 1.54) is 11.1 Å². The summed E-state index contributed by atoms with van der Waals surface area (Å²) in [6.07, 6.45) is 3.07. The Morgan fingerprint density at radius 3 is 2.85 bits per heavy atom. The van der Waals surface area contributed by atoms with Crippen LogP contribution in [0.3, 0.4) is 0 Å². The van der Waals surface area contributed by atoms with E-state index < -0.39 is 0 Å². The van der Waals surface area contributed by atoms with Gasteiger partial charge in [-0.2, -0.15) is 0 Å². The fourth-order valence-corrected chi connectivity index (χ4v) is 4.12. The zero-order chi connectivity index (χ0) is 18.6. The molecule has 2 aliphatic heterocycles. The number of amides is 1. The highest BCUT2D eigenvalue weighted by Gasteiger charge is 2.29. The second-order valence-electron chi connectivity index (χ2n) is 7.51. The summed E-state index contributed by atoms with van der Waals surface area (Å²) in [5.74, 6) is 1.30. The third-order valence-electron chi connectivity index (χ3n) is 5.57. The van der Waals surface area contributed by atoms with Crippen molar-refractivity contribution in [1.82, 2.24) is 9.80 Å². The Labute approximate surface area is 160 Å². The number of ether oxygens (including phenoxy) is 1. The van der Waals surface area contributed by atoms with Gasteiger partial charge in [0.2, 0.25) is 0 Å². The number of carbonyl (C=O) groups excluding carboxylic acids is 1. The van der Waals surface area contributed by atoms with Crippen LogP contribution in [-0.2, 0) is 24.2 Å². The van der Waals surface area contributed by atoms with Crippen LogP contribution in [0.2, 0.25) is 0 Å². The Kier molecular flexibility index (Phi) is 5.60. The molecule has 0 aliphatic carbocycles. The van der Waals surface area contributed by atoms with Crippen LogP contribution >= 0.6 is 0 Å². The molecule has 1 atom stereocenters. The first-order chi connectivity index (χ1) is 13.2. The molecule has 2 aromatic rings. The minimum atomic E-state index is -0.00742. The van der Waals surface area contributed by atoms with Gasteiger partial charge in [0.25, 0.3) is 5.91 Å². The Balaban J connectivity index is 1.40. The lowest BCUT2D eigenvalue weighted by Gasteiger charge is -2.35. The van der Waals surface area contributed by atoms with Gasteiger partial charge in [-0.1, -0.05) is 37.6 Å². The maximum atomic E-state index is 12.9. The summed E-state index contributed by atoms with van der Waals surface area (Å²) in [5.41, 5.74) is 2.83. The number of hydrogen-bond acceptors (Lipinski definition) is 4. The minimum Gasteiger partial charge on any atom is -0.455 e. The number of morpholine rings is 1. The van der Waals surface area contributed by atoms with Gasteiger partial charge in [-0.25, -0.2) is 0 Å². The van der Waals surface area contributed by atoms with E-state index in [9.17, 15) is 4.79 Å². The SMILES string of the molecule is CCC[C@@H]1COCCN1C(=O)c1ccc(CN2CCc3ccccc3C2)o1. The normalized spacial score (nSPS) is 20.5. The van der Waals surface area contributed by atoms with Crippen LogP contribution in [-0.4, -0.2) is 48.1 Å². The summed E-state index contributed by atoms with van der Waals surface area (Å²) >= 11 is 0. The van der Waals surface area contributed by atoms with Crippen molar-refractivity contribution in [3.63, 3.8) is 0 Å². The van der Waals surface area contributed by atoms with Gasteiger partial charge < -0.3 is 14.1 Å². The maximum absolute atomic E-state index is 12.9. The number of benzene rings is 1. The quantitative estimate of drug-likeness (QED) is 0.811. The monoisotopic (exact) mass is 368 g/mol. The molecular formula is C22H28N2O3. The van der Waals surface area contributed by atoms with Crippen molar-refractivity contribution in [2.24, 2.45) is 0 Å². The molecule has 1 aromatic carbocycles. The van der Waals surface area contributed by atoms with Gasteiger partial charge in [0, 0.05) is 19.6 Å². The largest absolute Gasteiger partial charge is 0.455 e. The standard InChI is InChI=1S/C22H28N2O3/c1-2-5-19-16-26-13-12-24(19)22(25)21-9-8-20(27-21)15-23-11-10-17-6-3-4-7-18(17)14-23/h3-4,6-9,19H,2,5,10-16H2,1H3/t19-/m1/s1. The van der Waals surface area contributed by atoms with Gasteiger partial charge >= 0.3 is 0 Å². The third kappa shape index (κ3) is 4.09. The fraction of sp³-hybridized carbons (Fsp3) is 0.500. The molecule has 27 heavy (non-hydrogen) atoms. The number of rotatable bonds is 5. The second-order valence-corrected chi connectivity index (χ2v) is 7.51. The van der Waals surface area contributed by atoms with Crippen LogP contribution in [0.4, 0.5) is 0 Å². The second kappa shape index (κ2) is 8.28. The predicted octanol–water partition coefficient (Wildman–Crippen LogP) is 3.48. The van der Waals surface area contributed by atoms with Gasteiger partial charge in [0.1, 0.15) is 5.76 Å². The Morgan fingerprint density at radius 1 is 1.15 bits per heavy atom. The molecular weight excluding hydrogens is 340 g/mol. The highest BCUT2D eigenvalue weighted by Crippen LogP contribution is 2.22. The Hall–Kier alpha value is -2.11. The van der Waals surface area contributed by atoms with Crippen LogP contribution in [0.5, 0.6) is 0 Å². The smallest absolute Gasteiger partial charge is 0.289 e. The summed E-state index contributed by atoms with van der Waals surface area (Å²) in [6, 6.07) is 12.5. The highest BCUT2D eigenvalue weighted by molar-refractivity contribution is 5.91. The van der Waals surface area contributed by atoms with E-state index >= 15 is 0 Å². The van der Waals surface area contributed by atoms with Crippen LogP contribution in [0, 0.1) is 0 Å². The molecule has 0 bridgehead atoms. The zero-order valence-corrected chi connectivity index (χ0v) is 16.0. The summed E-state index contributed by atoms with van der Waals surface area (Å²) in [7, 11) is 0. The number of carbonyl (C=O) groups is 1. The molecule has 1 saturated heterocycles. The number of nitrogens with zero attached hydrogens (tertiary/aromatic N) is 2. The van der Waals surface area contributed by atoms with Crippen molar-refractivity contribution in [2.45, 2.75) is 45.3 Å². The van der Waals surface area contributed by atoms with Gasteiger partial charge in [-0.05, 0) is 36.1 Å². The molecule has 0 radical (unpaired) electrons. The van der Waals surface area contributed by atoms with Crippen molar-refractivity contribution in [3.05, 3.63) is 59.0 Å². The van der Waals surface area contributed by atoms with Crippen molar-refractivity contribution >= 4 is 5.91 Å². The lowest BCUT2D eigenvalue weighted by Crippen LogP contribution is -2.48. The number of hydrogen-bond donors (Lipinski definition) is 0. The van der Waals surface area contributed by atoms with Crippen molar-refractivity contribution in [1.29, 1.82) is 0 Å². The Morgan fingerprint density at radius 2 is 2.00 bits per heavy atom. The summed E-state index contributed by atoms with van der Waals surface area (Å²) < 4.78 is 11.5. The summed E-state index contributed by atoms with van der Waals surface area (Å²) in [4.78, 5) is 17.2. The molecule has 5 heteroatoms. The molecule has 2 aliphatic rings. The molecule has 3 heterocycles. The third-order valence-corrected chi connectivity index (χ3v) is 5.57. The van der Waals surface area contributed by atoms with E-state index in [1.54, 1.807) is 0 Å². The molecule has 5 nitrogen and oxygen atoms in total. The Bertz CT molecular complexity index is 783. The molecule has 1 amide bonds. The van der Waals surface area contributed by atoms with E-state index in [2.05, 4.69) is 36.1 Å². The molecule has 4 rings (SSSR count). The fourth-order valence-electron chi connectivity index (χ4n) is 4.12. The maximum Gasteiger partial charge on any atom is 0.289 e. The topological polar surface area (TPSA) is 45.9 Å². The van der Waals surface area contributed by atoms with Crippen molar-refractivity contribution < 1.29 is 13.9 Å². The molecule has 0 unspecified atom stereocenters. The first-order valence-corrected chi connectivity index (χ1v) is 10.0. The predicted molar refractivity (Wildman–Crippen MR) is 104 cm³/mol. The van der Waals surface area contributed by atoms with E-state index in [0.717, 1.165) is 44.7 Å². The molecule has 144 valence electrons. The van der Waals surface area contributed by atoms with Crippen molar-refractivity contribution in [3.8, 4) is 0 Å². The molecule has 1 fully saturated rings. The molecule has 1 aromatic heterocycles. The zero-order valence-electron chi connectivity index (χ0n) is 16.0. The van der Waals surface area contributed by atoms with Crippen LogP contribution in [0.15, 0.2) is 40.8 Å². The van der Waals surface area contributed by atoms with Gasteiger partial charge in [0.05, 0.1) is 25.8 Å². The van der Waals surface area contributed by atoms with Gasteiger partial charge in [-0.3, -0.25) is 9.69 Å². The van der Waals surface area contributed by atoms with E-state index in [1.807, 2.05) is 17.0 Å². The lowest BCUT2D eigenvalue weighted by atomic mass is 10.00. The van der Waals surface area contributed by atoms with Crippen LogP contribution in [0.1, 0.15) is 47.2 Å². The number of fused-ring (bicyclic) bond motifs is 1. The first kappa shape index (κ1) is 18.3. The number of furan rings is 1. The molecule has 0 spiro atoms. The minimum absolute atomic E-state index is 0.00742. The summed E-state index contributed by atoms with van der Waals surface area (Å²) in [5, 5.41) is 0. The van der Waals surface area contributed by atoms with E-state index in [4.69, 9.17) is 9.15 Å². The average molecular weight is 368 g/mol. The van der Waals surface area contributed by atoms with Crippen molar-refractivity contribution in [2.75, 3.05) is 26.3 Å². The van der Waals surface area contributed by atoms with Gasteiger partial charge in [-0.15, -0.1) is 0 Å². The van der Waals surface area contributed by atoms with Gasteiger partial charge in [0.15, 0.2) is 5.76 Å². The lowest BCUT2D eigenvalue weighted by molar-refractivity contribution is -0.00598. The summed E-state index contributed by atoms with van der Waals surface area (Å²) in [6.45, 7) is 6.70. The van der Waals surface area contributed by atoms with E-state index in [0.29, 0.717) is 25.5 Å². The van der Waals surface area contributed by atoms with Crippen LogP contribution < -0.4 is 0 Å². The first-order valence-electron chi connectivity index (χ1n) is 10.0. The van der Waals surface area contributed by atoms with Crippen LogP contribution in [0.25, 0.3) is 0 Å².